The summed E-state index contributed by atoms with van der Waals surface area (Å²) in [6.45, 7) is 5.23. The van der Waals surface area contributed by atoms with E-state index in [2.05, 4.69) is 20.7 Å². The molecule has 0 aliphatic heterocycles. The zero-order chi connectivity index (χ0) is 14.5. The number of nitrogens with two attached hydrogens (primary N) is 1. The Morgan fingerprint density at radius 3 is 3.05 bits per heavy atom. The highest BCUT2D eigenvalue weighted by Gasteiger charge is 2.17. The summed E-state index contributed by atoms with van der Waals surface area (Å²) in [5.74, 6) is 0.0542. The third kappa shape index (κ3) is 3.47. The summed E-state index contributed by atoms with van der Waals surface area (Å²) >= 11 is 1.26. The van der Waals surface area contributed by atoms with Gasteiger partial charge in [-0.05, 0) is 19.9 Å². The number of aromatic nitrogens is 3. The number of amides is 1. The van der Waals surface area contributed by atoms with Crippen LogP contribution in [0.1, 0.15) is 23.5 Å². The minimum atomic E-state index is -0.205. The molecular formula is C12H18N6OS. The molecule has 0 saturated heterocycles. The maximum absolute atomic E-state index is 12.1. The highest BCUT2D eigenvalue weighted by molar-refractivity contribution is 7.18. The third-order valence-corrected chi connectivity index (χ3v) is 3.61. The van der Waals surface area contributed by atoms with E-state index in [0.29, 0.717) is 16.6 Å². The number of carbonyl (C=O) groups excluding carboxylic acids is 1. The lowest BCUT2D eigenvalue weighted by molar-refractivity contribution is 0.0941. The van der Waals surface area contributed by atoms with Crippen LogP contribution in [0.4, 0.5) is 10.9 Å². The molecule has 8 heteroatoms. The van der Waals surface area contributed by atoms with Gasteiger partial charge in [0.15, 0.2) is 5.13 Å². The molecule has 0 fully saturated rings. The van der Waals surface area contributed by atoms with Crippen LogP contribution >= 0.6 is 11.3 Å². The largest absolute Gasteiger partial charge is 0.382 e. The smallest absolute Gasteiger partial charge is 0.265 e. The van der Waals surface area contributed by atoms with Crippen LogP contribution in [0.3, 0.4) is 0 Å². The van der Waals surface area contributed by atoms with Crippen molar-refractivity contribution in [1.82, 2.24) is 20.1 Å². The van der Waals surface area contributed by atoms with Gasteiger partial charge in [0.25, 0.3) is 5.91 Å². The molecule has 1 amide bonds. The zero-order valence-corrected chi connectivity index (χ0v) is 12.3. The van der Waals surface area contributed by atoms with E-state index in [9.17, 15) is 4.79 Å². The number of carbonyl (C=O) groups is 1. The molecule has 1 unspecified atom stereocenters. The summed E-state index contributed by atoms with van der Waals surface area (Å²) in [6, 6.07) is 1.80. The third-order valence-electron chi connectivity index (χ3n) is 2.59. The maximum atomic E-state index is 12.1. The first kappa shape index (κ1) is 14.3. The summed E-state index contributed by atoms with van der Waals surface area (Å²) in [4.78, 5) is 16.7. The second-order valence-electron chi connectivity index (χ2n) is 4.37. The molecule has 2 rings (SSSR count). The van der Waals surface area contributed by atoms with Crippen molar-refractivity contribution in [3.63, 3.8) is 0 Å². The summed E-state index contributed by atoms with van der Waals surface area (Å²) in [5, 5.41) is 10.7. The van der Waals surface area contributed by atoms with Crippen LogP contribution in [0.15, 0.2) is 18.5 Å². The molecule has 4 N–H and O–H groups in total. The molecule has 0 bridgehead atoms. The molecule has 0 spiro atoms. The molecule has 0 saturated carbocycles. The van der Waals surface area contributed by atoms with Crippen molar-refractivity contribution in [1.29, 1.82) is 0 Å². The van der Waals surface area contributed by atoms with E-state index >= 15 is 0 Å². The van der Waals surface area contributed by atoms with Crippen LogP contribution in [0.2, 0.25) is 0 Å². The van der Waals surface area contributed by atoms with Crippen LogP contribution < -0.4 is 16.4 Å². The van der Waals surface area contributed by atoms with Crippen LogP contribution in [0, 0.1) is 0 Å². The number of anilines is 2. The fraction of sp³-hybridized carbons (Fsp3) is 0.417. The Balaban J connectivity index is 1.97. The first-order valence-corrected chi connectivity index (χ1v) is 7.20. The summed E-state index contributed by atoms with van der Waals surface area (Å²) in [6.07, 6.45) is 3.56. The van der Waals surface area contributed by atoms with Gasteiger partial charge in [0.05, 0.1) is 6.54 Å². The second-order valence-corrected chi connectivity index (χ2v) is 5.37. The van der Waals surface area contributed by atoms with Crippen LogP contribution in [-0.2, 0) is 6.54 Å². The van der Waals surface area contributed by atoms with E-state index in [1.54, 1.807) is 10.9 Å². The topological polar surface area (TPSA) is 97.9 Å². The predicted molar refractivity (Wildman–Crippen MR) is 79.8 cm³/mol. The number of rotatable bonds is 6. The Hall–Kier alpha value is -2.09. The minimum Gasteiger partial charge on any atom is -0.382 e. The lowest BCUT2D eigenvalue weighted by atomic mass is 10.3. The van der Waals surface area contributed by atoms with Gasteiger partial charge in [0.2, 0.25) is 0 Å². The Morgan fingerprint density at radius 2 is 2.40 bits per heavy atom. The van der Waals surface area contributed by atoms with E-state index in [1.165, 1.54) is 11.3 Å². The second kappa shape index (κ2) is 6.38. The number of nitrogens with zero attached hydrogens (tertiary/aromatic N) is 3. The maximum Gasteiger partial charge on any atom is 0.265 e. The number of hydrogen-bond acceptors (Lipinski definition) is 6. The van der Waals surface area contributed by atoms with Gasteiger partial charge < -0.3 is 16.4 Å². The standard InChI is InChI=1S/C12H18N6OS/c1-3-14-12-17-10(13)9(20-12)11(19)16-8(2)7-18-6-4-5-15-18/h4-6,8H,3,7,13H2,1-2H3,(H,14,17)(H,16,19). The monoisotopic (exact) mass is 294 g/mol. The average Bonchev–Trinajstić information content (AvgIpc) is 2.99. The lowest BCUT2D eigenvalue weighted by Crippen LogP contribution is -2.35. The van der Waals surface area contributed by atoms with Crippen molar-refractivity contribution < 1.29 is 4.79 Å². The molecule has 20 heavy (non-hydrogen) atoms. The molecule has 0 aliphatic rings. The van der Waals surface area contributed by atoms with E-state index in [4.69, 9.17) is 5.73 Å². The van der Waals surface area contributed by atoms with Gasteiger partial charge in [0.1, 0.15) is 10.7 Å². The number of hydrogen-bond donors (Lipinski definition) is 3. The van der Waals surface area contributed by atoms with Gasteiger partial charge in [-0.3, -0.25) is 9.48 Å². The van der Waals surface area contributed by atoms with E-state index in [-0.39, 0.29) is 17.8 Å². The molecule has 0 aliphatic carbocycles. The van der Waals surface area contributed by atoms with Crippen molar-refractivity contribution in [3.8, 4) is 0 Å². The van der Waals surface area contributed by atoms with Gasteiger partial charge in [0, 0.05) is 25.0 Å². The quantitative estimate of drug-likeness (QED) is 0.743. The van der Waals surface area contributed by atoms with Gasteiger partial charge in [-0.2, -0.15) is 5.10 Å². The van der Waals surface area contributed by atoms with Gasteiger partial charge in [-0.1, -0.05) is 11.3 Å². The molecule has 0 aromatic carbocycles. The average molecular weight is 294 g/mol. The van der Waals surface area contributed by atoms with Crippen LogP contribution in [0.25, 0.3) is 0 Å². The predicted octanol–water partition coefficient (Wildman–Crippen LogP) is 1.17. The first-order valence-electron chi connectivity index (χ1n) is 6.38. The highest BCUT2D eigenvalue weighted by atomic mass is 32.1. The van der Waals surface area contributed by atoms with Gasteiger partial charge >= 0.3 is 0 Å². The normalized spacial score (nSPS) is 12.1. The van der Waals surface area contributed by atoms with Crippen molar-refractivity contribution in [3.05, 3.63) is 23.3 Å². The SMILES string of the molecule is CCNc1nc(N)c(C(=O)NC(C)Cn2cccn2)s1. The number of nitrogen functional groups attached to an aromatic ring is 1. The van der Waals surface area contributed by atoms with Crippen molar-refractivity contribution in [2.75, 3.05) is 17.6 Å². The van der Waals surface area contributed by atoms with Crippen LogP contribution in [-0.4, -0.2) is 33.3 Å². The molecular weight excluding hydrogens is 276 g/mol. The Morgan fingerprint density at radius 1 is 1.60 bits per heavy atom. The van der Waals surface area contributed by atoms with Gasteiger partial charge in [-0.25, -0.2) is 4.98 Å². The van der Waals surface area contributed by atoms with E-state index in [0.717, 1.165) is 6.54 Å². The molecule has 2 heterocycles. The summed E-state index contributed by atoms with van der Waals surface area (Å²) in [5.41, 5.74) is 5.77. The molecule has 2 aromatic rings. The molecule has 2 aromatic heterocycles. The molecule has 108 valence electrons. The number of nitrogens with one attached hydrogen (secondary N) is 2. The molecule has 1 atom stereocenters. The van der Waals surface area contributed by atoms with Crippen molar-refractivity contribution in [2.24, 2.45) is 0 Å². The van der Waals surface area contributed by atoms with E-state index < -0.39 is 0 Å². The Kier molecular flexibility index (Phi) is 4.57. The molecule has 0 radical (unpaired) electrons. The van der Waals surface area contributed by atoms with Crippen molar-refractivity contribution >= 4 is 28.2 Å². The first-order chi connectivity index (χ1) is 9.60. The summed E-state index contributed by atoms with van der Waals surface area (Å²) < 4.78 is 1.77. The lowest BCUT2D eigenvalue weighted by Gasteiger charge is -2.13. The fourth-order valence-electron chi connectivity index (χ4n) is 1.75. The Bertz CT molecular complexity index is 565. The molecule has 7 nitrogen and oxygen atoms in total. The minimum absolute atomic E-state index is 0.0496. The zero-order valence-electron chi connectivity index (χ0n) is 11.5. The van der Waals surface area contributed by atoms with Gasteiger partial charge in [-0.15, -0.1) is 0 Å². The number of thiazole rings is 1. The highest BCUT2D eigenvalue weighted by Crippen LogP contribution is 2.24. The summed E-state index contributed by atoms with van der Waals surface area (Å²) in [7, 11) is 0. The van der Waals surface area contributed by atoms with Crippen molar-refractivity contribution in [2.45, 2.75) is 26.4 Å². The van der Waals surface area contributed by atoms with Crippen LogP contribution in [0.5, 0.6) is 0 Å². The fourth-order valence-corrected chi connectivity index (χ4v) is 2.60. The van der Waals surface area contributed by atoms with E-state index in [1.807, 2.05) is 26.1 Å². The Labute approximate surface area is 121 Å².